The third-order valence-corrected chi connectivity index (χ3v) is 2.89. The number of ether oxygens (including phenoxy) is 1. The molecule has 114 valence electrons. The van der Waals surface area contributed by atoms with Crippen LogP contribution in [0.1, 0.15) is 36.7 Å². The van der Waals surface area contributed by atoms with E-state index >= 15 is 0 Å². The van der Waals surface area contributed by atoms with E-state index in [-0.39, 0.29) is 5.54 Å². The van der Waals surface area contributed by atoms with Gasteiger partial charge in [0.2, 0.25) is 5.88 Å². The zero-order chi connectivity index (χ0) is 17.0. The number of anilines is 1. The van der Waals surface area contributed by atoms with Crippen molar-refractivity contribution in [3.63, 3.8) is 0 Å². The summed E-state index contributed by atoms with van der Waals surface area (Å²) < 4.78 is 5.66. The molecule has 2 rings (SSSR count). The van der Waals surface area contributed by atoms with Gasteiger partial charge in [0.1, 0.15) is 31.8 Å². The predicted molar refractivity (Wildman–Crippen MR) is 89.6 cm³/mol. The summed E-state index contributed by atoms with van der Waals surface area (Å²) >= 11 is 0. The highest BCUT2D eigenvalue weighted by atomic mass is 16.5. The van der Waals surface area contributed by atoms with Gasteiger partial charge in [-0.3, -0.25) is 4.79 Å². The summed E-state index contributed by atoms with van der Waals surface area (Å²) in [5, 5.41) is 12.3. The standard InChI is InChI=1S/C17H16BN3O2/c1-17(2,3)21-16-11(9-19)4-7-15(20-16)23-13-5-6-14(18)12(8-13)10-22/h4-8,10H,1-3H3,(H,20,21). The molecule has 0 amide bonds. The second-order valence-corrected chi connectivity index (χ2v) is 6.04. The Labute approximate surface area is 136 Å². The third kappa shape index (κ3) is 4.33. The number of nitrogens with one attached hydrogen (secondary N) is 1. The van der Waals surface area contributed by atoms with Gasteiger partial charge in [-0.1, -0.05) is 11.5 Å². The van der Waals surface area contributed by atoms with Crippen LogP contribution in [0.2, 0.25) is 0 Å². The summed E-state index contributed by atoms with van der Waals surface area (Å²) in [5.41, 5.74) is 0.918. The molecule has 0 unspecified atom stereocenters. The lowest BCUT2D eigenvalue weighted by Crippen LogP contribution is -2.27. The molecule has 0 aliphatic rings. The van der Waals surface area contributed by atoms with Crippen molar-refractivity contribution in [2.24, 2.45) is 0 Å². The number of pyridine rings is 1. The van der Waals surface area contributed by atoms with Crippen LogP contribution >= 0.6 is 0 Å². The number of carbonyl (C=O) groups excluding carboxylic acids is 1. The summed E-state index contributed by atoms with van der Waals surface area (Å²) in [5.74, 6) is 1.21. The Kier molecular flexibility index (Phi) is 4.70. The first-order chi connectivity index (χ1) is 10.8. The minimum absolute atomic E-state index is 0.247. The van der Waals surface area contributed by atoms with E-state index < -0.39 is 0 Å². The van der Waals surface area contributed by atoms with E-state index in [0.29, 0.717) is 40.3 Å². The van der Waals surface area contributed by atoms with Crippen LogP contribution in [-0.4, -0.2) is 24.7 Å². The van der Waals surface area contributed by atoms with Crippen molar-refractivity contribution < 1.29 is 9.53 Å². The van der Waals surface area contributed by atoms with E-state index in [1.54, 1.807) is 30.3 Å². The molecule has 0 aliphatic heterocycles. The molecule has 0 saturated carbocycles. The van der Waals surface area contributed by atoms with Crippen molar-refractivity contribution in [2.45, 2.75) is 26.3 Å². The zero-order valence-corrected chi connectivity index (χ0v) is 13.3. The van der Waals surface area contributed by atoms with Crippen molar-refractivity contribution in [3.05, 3.63) is 41.5 Å². The second-order valence-electron chi connectivity index (χ2n) is 6.04. The van der Waals surface area contributed by atoms with Crippen LogP contribution in [0.4, 0.5) is 5.82 Å². The molecule has 0 spiro atoms. The van der Waals surface area contributed by atoms with E-state index in [4.69, 9.17) is 12.6 Å². The molecule has 6 heteroatoms. The van der Waals surface area contributed by atoms with Gasteiger partial charge in [-0.2, -0.15) is 10.2 Å². The number of nitriles is 1. The molecule has 0 fully saturated rings. The lowest BCUT2D eigenvalue weighted by molar-refractivity contribution is 0.112. The molecule has 1 aromatic carbocycles. The molecule has 0 bridgehead atoms. The highest BCUT2D eigenvalue weighted by Gasteiger charge is 2.15. The Hall–Kier alpha value is -2.81. The van der Waals surface area contributed by atoms with Crippen LogP contribution < -0.4 is 15.5 Å². The molecule has 0 saturated heterocycles. The van der Waals surface area contributed by atoms with Crippen molar-refractivity contribution in [2.75, 3.05) is 5.32 Å². The number of aldehydes is 1. The highest BCUT2D eigenvalue weighted by Crippen LogP contribution is 2.24. The van der Waals surface area contributed by atoms with Crippen LogP contribution in [0.3, 0.4) is 0 Å². The van der Waals surface area contributed by atoms with Gasteiger partial charge in [-0.25, -0.2) is 0 Å². The molecule has 0 aliphatic carbocycles. The largest absolute Gasteiger partial charge is 0.439 e. The van der Waals surface area contributed by atoms with Gasteiger partial charge in [-0.05, 0) is 39.0 Å². The smallest absolute Gasteiger partial charge is 0.221 e. The molecular formula is C17H16BN3O2. The molecule has 1 heterocycles. The van der Waals surface area contributed by atoms with Crippen LogP contribution in [0, 0.1) is 11.3 Å². The summed E-state index contributed by atoms with van der Waals surface area (Å²) in [7, 11) is 5.68. The maximum Gasteiger partial charge on any atom is 0.221 e. The molecule has 0 atom stereocenters. The van der Waals surface area contributed by atoms with Gasteiger partial charge in [0.25, 0.3) is 0 Å². The van der Waals surface area contributed by atoms with Crippen LogP contribution in [0.25, 0.3) is 0 Å². The topological polar surface area (TPSA) is 75.0 Å². The van der Waals surface area contributed by atoms with Gasteiger partial charge in [0, 0.05) is 17.2 Å². The van der Waals surface area contributed by atoms with Crippen molar-refractivity contribution in [1.29, 1.82) is 5.26 Å². The average molecular weight is 305 g/mol. The number of hydrogen-bond acceptors (Lipinski definition) is 5. The zero-order valence-electron chi connectivity index (χ0n) is 13.3. The van der Waals surface area contributed by atoms with E-state index in [2.05, 4.69) is 16.4 Å². The molecule has 23 heavy (non-hydrogen) atoms. The number of nitrogens with zero attached hydrogens (tertiary/aromatic N) is 2. The first-order valence-corrected chi connectivity index (χ1v) is 7.04. The number of carbonyl (C=O) groups is 1. The molecular weight excluding hydrogens is 289 g/mol. The lowest BCUT2D eigenvalue weighted by atomic mass is 9.91. The van der Waals surface area contributed by atoms with E-state index in [0.717, 1.165) is 0 Å². The van der Waals surface area contributed by atoms with Gasteiger partial charge >= 0.3 is 0 Å². The van der Waals surface area contributed by atoms with Gasteiger partial charge in [-0.15, -0.1) is 0 Å². The van der Waals surface area contributed by atoms with E-state index in [1.165, 1.54) is 0 Å². The summed E-state index contributed by atoms with van der Waals surface area (Å²) in [6.45, 7) is 5.92. The Balaban J connectivity index is 2.32. The minimum Gasteiger partial charge on any atom is -0.439 e. The molecule has 2 aromatic rings. The van der Waals surface area contributed by atoms with E-state index in [9.17, 15) is 10.1 Å². The number of aromatic nitrogens is 1. The maximum absolute atomic E-state index is 10.9. The maximum atomic E-state index is 10.9. The monoisotopic (exact) mass is 305 g/mol. The van der Waals surface area contributed by atoms with Crippen molar-refractivity contribution in [3.8, 4) is 17.7 Å². The fraction of sp³-hybridized carbons (Fsp3) is 0.235. The van der Waals surface area contributed by atoms with E-state index in [1.807, 2.05) is 20.8 Å². The van der Waals surface area contributed by atoms with Gasteiger partial charge in [0.05, 0.1) is 5.56 Å². The Morgan fingerprint density at radius 2 is 2.04 bits per heavy atom. The number of benzene rings is 1. The first-order valence-electron chi connectivity index (χ1n) is 7.04. The third-order valence-electron chi connectivity index (χ3n) is 2.89. The minimum atomic E-state index is -0.247. The van der Waals surface area contributed by atoms with Gasteiger partial charge < -0.3 is 10.1 Å². The van der Waals surface area contributed by atoms with Gasteiger partial charge in [0.15, 0.2) is 0 Å². The first kappa shape index (κ1) is 16.6. The van der Waals surface area contributed by atoms with Crippen LogP contribution in [0.5, 0.6) is 11.6 Å². The number of hydrogen-bond donors (Lipinski definition) is 1. The molecule has 5 nitrogen and oxygen atoms in total. The molecule has 2 radical (unpaired) electrons. The summed E-state index contributed by atoms with van der Waals surface area (Å²) in [6, 6.07) is 10.1. The number of rotatable bonds is 4. The summed E-state index contributed by atoms with van der Waals surface area (Å²) in [6.07, 6.45) is 0.668. The summed E-state index contributed by atoms with van der Waals surface area (Å²) in [4.78, 5) is 15.3. The second kappa shape index (κ2) is 6.53. The van der Waals surface area contributed by atoms with Crippen LogP contribution in [-0.2, 0) is 0 Å². The Bertz CT molecular complexity index is 776. The molecule has 1 N–H and O–H groups in total. The average Bonchev–Trinajstić information content (AvgIpc) is 2.48. The Morgan fingerprint density at radius 1 is 1.30 bits per heavy atom. The fourth-order valence-electron chi connectivity index (χ4n) is 1.88. The predicted octanol–water partition coefficient (Wildman–Crippen LogP) is 2.56. The van der Waals surface area contributed by atoms with Crippen LogP contribution in [0.15, 0.2) is 30.3 Å². The Morgan fingerprint density at radius 3 is 2.65 bits per heavy atom. The molecule has 1 aromatic heterocycles. The quantitative estimate of drug-likeness (QED) is 0.694. The normalized spacial score (nSPS) is 10.7. The van der Waals surface area contributed by atoms with Crippen molar-refractivity contribution in [1.82, 2.24) is 4.98 Å². The van der Waals surface area contributed by atoms with Crippen molar-refractivity contribution >= 4 is 25.4 Å². The SMILES string of the molecule is [B]c1ccc(Oc2ccc(C#N)c(NC(C)(C)C)n2)cc1C=O. The highest BCUT2D eigenvalue weighted by molar-refractivity contribution is 6.35. The fourth-order valence-corrected chi connectivity index (χ4v) is 1.88. The lowest BCUT2D eigenvalue weighted by Gasteiger charge is -2.22.